The molecule has 0 aliphatic rings. The Balaban J connectivity index is 1.63. The molecule has 5 aromatic rings. The number of amides is 1. The van der Waals surface area contributed by atoms with Crippen molar-refractivity contribution in [2.75, 3.05) is 4.90 Å². The molecule has 162 valence electrons. The summed E-state index contributed by atoms with van der Waals surface area (Å²) in [4.78, 5) is 32.5. The van der Waals surface area contributed by atoms with Gasteiger partial charge in [-0.15, -0.1) is 0 Å². The van der Waals surface area contributed by atoms with Gasteiger partial charge in [0, 0.05) is 12.3 Å². The summed E-state index contributed by atoms with van der Waals surface area (Å²) in [5.41, 5.74) is 2.95. The van der Waals surface area contributed by atoms with E-state index in [1.165, 1.54) is 6.07 Å². The second-order valence-corrected chi connectivity index (χ2v) is 8.15. The van der Waals surface area contributed by atoms with Crippen LogP contribution in [0.4, 0.5) is 5.82 Å². The van der Waals surface area contributed by atoms with Gasteiger partial charge in [-0.1, -0.05) is 54.6 Å². The number of fused-ring (bicyclic) bond motifs is 2. The van der Waals surface area contributed by atoms with Gasteiger partial charge >= 0.3 is 0 Å². The topological polar surface area (TPSA) is 63.4 Å². The Kier molecular flexibility index (Phi) is 5.23. The number of aromatic nitrogens is 1. The number of carbonyl (C=O) groups excluding carboxylic acids is 1. The minimum Gasteiger partial charge on any atom is -0.450 e. The van der Waals surface area contributed by atoms with E-state index in [0.29, 0.717) is 16.8 Å². The number of rotatable bonds is 4. The standard InChI is InChI=1S/C28H22N2O3/c1-18-14-19(2)27-23(15-18)24(31)16-25(33-27)28(32)30(26-12-5-6-13-29-26)17-21-10-7-9-20-8-3-4-11-22(20)21/h3-16H,17H2,1-2H3. The third kappa shape index (κ3) is 3.89. The van der Waals surface area contributed by atoms with Crippen LogP contribution in [0.15, 0.2) is 94.3 Å². The molecule has 5 heteroatoms. The van der Waals surface area contributed by atoms with E-state index in [9.17, 15) is 9.59 Å². The quantitative estimate of drug-likeness (QED) is 0.358. The van der Waals surface area contributed by atoms with Crippen LogP contribution in [0.1, 0.15) is 27.2 Å². The molecule has 0 unspecified atom stereocenters. The normalized spacial score (nSPS) is 11.1. The molecule has 0 atom stereocenters. The molecule has 5 rings (SSSR count). The molecule has 0 aliphatic heterocycles. The van der Waals surface area contributed by atoms with Crippen LogP contribution in [0.5, 0.6) is 0 Å². The number of hydrogen-bond acceptors (Lipinski definition) is 4. The zero-order valence-corrected chi connectivity index (χ0v) is 18.4. The first-order valence-corrected chi connectivity index (χ1v) is 10.8. The summed E-state index contributed by atoms with van der Waals surface area (Å²) in [6.07, 6.45) is 1.64. The van der Waals surface area contributed by atoms with Crippen LogP contribution < -0.4 is 10.3 Å². The van der Waals surface area contributed by atoms with E-state index in [4.69, 9.17) is 4.42 Å². The number of pyridine rings is 1. The zero-order chi connectivity index (χ0) is 22.9. The molecule has 0 fully saturated rings. The highest BCUT2D eigenvalue weighted by Gasteiger charge is 2.23. The van der Waals surface area contributed by atoms with Crippen molar-refractivity contribution >= 4 is 33.5 Å². The lowest BCUT2D eigenvalue weighted by Crippen LogP contribution is -2.32. The van der Waals surface area contributed by atoms with Gasteiger partial charge in [0.1, 0.15) is 11.4 Å². The number of anilines is 1. The lowest BCUT2D eigenvalue weighted by Gasteiger charge is -2.22. The number of aryl methyl sites for hydroxylation is 2. The van der Waals surface area contributed by atoms with Crippen LogP contribution in [0, 0.1) is 13.8 Å². The van der Waals surface area contributed by atoms with Gasteiger partial charge in [-0.2, -0.15) is 0 Å². The highest BCUT2D eigenvalue weighted by molar-refractivity contribution is 6.04. The van der Waals surface area contributed by atoms with Crippen LogP contribution in [-0.4, -0.2) is 10.9 Å². The third-order valence-electron chi connectivity index (χ3n) is 5.75. The predicted molar refractivity (Wildman–Crippen MR) is 131 cm³/mol. The minimum atomic E-state index is -0.416. The van der Waals surface area contributed by atoms with Crippen molar-refractivity contribution in [1.82, 2.24) is 4.98 Å². The van der Waals surface area contributed by atoms with Crippen LogP contribution >= 0.6 is 0 Å². The molecule has 3 aromatic carbocycles. The van der Waals surface area contributed by atoms with E-state index in [0.717, 1.165) is 27.5 Å². The molecule has 2 heterocycles. The van der Waals surface area contributed by atoms with E-state index >= 15 is 0 Å². The van der Waals surface area contributed by atoms with E-state index in [2.05, 4.69) is 4.98 Å². The average molecular weight is 434 g/mol. The van der Waals surface area contributed by atoms with Gasteiger partial charge in [-0.3, -0.25) is 14.5 Å². The maximum atomic E-state index is 13.7. The Hall–Kier alpha value is -4.25. The van der Waals surface area contributed by atoms with Gasteiger partial charge in [-0.25, -0.2) is 4.98 Å². The summed E-state index contributed by atoms with van der Waals surface area (Å²) >= 11 is 0. The maximum Gasteiger partial charge on any atom is 0.295 e. The molecule has 0 radical (unpaired) electrons. The van der Waals surface area contributed by atoms with Crippen molar-refractivity contribution in [3.05, 3.63) is 118 Å². The SMILES string of the molecule is Cc1cc(C)c2oc(C(=O)N(Cc3cccc4ccccc34)c3ccccn3)cc(=O)c2c1. The van der Waals surface area contributed by atoms with Crippen LogP contribution in [0.2, 0.25) is 0 Å². The van der Waals surface area contributed by atoms with Crippen LogP contribution in [-0.2, 0) is 6.54 Å². The Morgan fingerprint density at radius 2 is 1.70 bits per heavy atom. The summed E-state index contributed by atoms with van der Waals surface area (Å²) in [5.74, 6) is 0.0600. The Morgan fingerprint density at radius 3 is 2.52 bits per heavy atom. The van der Waals surface area contributed by atoms with Gasteiger partial charge in [-0.05, 0) is 59.5 Å². The van der Waals surface area contributed by atoms with E-state index in [1.54, 1.807) is 29.3 Å². The zero-order valence-electron chi connectivity index (χ0n) is 18.4. The Bertz CT molecular complexity index is 1550. The fourth-order valence-corrected chi connectivity index (χ4v) is 4.22. The summed E-state index contributed by atoms with van der Waals surface area (Å²) in [5, 5.41) is 2.62. The van der Waals surface area contributed by atoms with Crippen LogP contribution in [0.3, 0.4) is 0 Å². The number of benzene rings is 3. The summed E-state index contributed by atoms with van der Waals surface area (Å²) in [7, 11) is 0. The third-order valence-corrected chi connectivity index (χ3v) is 5.75. The fraction of sp³-hybridized carbons (Fsp3) is 0.107. The first kappa shape index (κ1) is 20.6. The van der Waals surface area contributed by atoms with E-state index in [1.807, 2.05) is 68.4 Å². The van der Waals surface area contributed by atoms with E-state index in [-0.39, 0.29) is 17.7 Å². The van der Waals surface area contributed by atoms with Crippen molar-refractivity contribution in [3.8, 4) is 0 Å². The largest absolute Gasteiger partial charge is 0.450 e. The molecule has 1 amide bonds. The molecular formula is C28H22N2O3. The molecule has 0 saturated heterocycles. The fourth-order valence-electron chi connectivity index (χ4n) is 4.22. The second-order valence-electron chi connectivity index (χ2n) is 8.15. The lowest BCUT2D eigenvalue weighted by molar-refractivity contribution is 0.0958. The smallest absolute Gasteiger partial charge is 0.295 e. The Morgan fingerprint density at radius 1 is 0.909 bits per heavy atom. The predicted octanol–water partition coefficient (Wildman–Crippen LogP) is 5.81. The molecule has 0 N–H and O–H groups in total. The molecule has 2 aromatic heterocycles. The number of carbonyl (C=O) groups is 1. The van der Waals surface area contributed by atoms with Crippen molar-refractivity contribution in [1.29, 1.82) is 0 Å². The minimum absolute atomic E-state index is 0.00894. The van der Waals surface area contributed by atoms with Gasteiger partial charge in [0.15, 0.2) is 11.2 Å². The maximum absolute atomic E-state index is 13.7. The van der Waals surface area contributed by atoms with Crippen molar-refractivity contribution in [2.24, 2.45) is 0 Å². The van der Waals surface area contributed by atoms with Crippen LogP contribution in [0.25, 0.3) is 21.7 Å². The van der Waals surface area contributed by atoms with Crippen molar-refractivity contribution in [2.45, 2.75) is 20.4 Å². The average Bonchev–Trinajstić information content (AvgIpc) is 2.83. The van der Waals surface area contributed by atoms with Gasteiger partial charge in [0.2, 0.25) is 0 Å². The first-order chi connectivity index (χ1) is 16.0. The summed E-state index contributed by atoms with van der Waals surface area (Å²) in [6.45, 7) is 4.09. The first-order valence-electron chi connectivity index (χ1n) is 10.8. The number of nitrogens with zero attached hydrogens (tertiary/aromatic N) is 2. The van der Waals surface area contributed by atoms with Gasteiger partial charge in [0.05, 0.1) is 11.9 Å². The summed E-state index contributed by atoms with van der Waals surface area (Å²) in [6, 6.07) is 24.5. The lowest BCUT2D eigenvalue weighted by atomic mass is 10.0. The highest BCUT2D eigenvalue weighted by atomic mass is 16.3. The van der Waals surface area contributed by atoms with Gasteiger partial charge < -0.3 is 4.42 Å². The second kappa shape index (κ2) is 8.36. The Labute approximate surface area is 190 Å². The molecule has 5 nitrogen and oxygen atoms in total. The molecule has 0 spiro atoms. The monoisotopic (exact) mass is 434 g/mol. The van der Waals surface area contributed by atoms with Crippen molar-refractivity contribution in [3.63, 3.8) is 0 Å². The molecule has 0 aliphatic carbocycles. The highest BCUT2D eigenvalue weighted by Crippen LogP contribution is 2.25. The number of hydrogen-bond donors (Lipinski definition) is 0. The van der Waals surface area contributed by atoms with Crippen molar-refractivity contribution < 1.29 is 9.21 Å². The molecule has 0 bridgehead atoms. The van der Waals surface area contributed by atoms with E-state index < -0.39 is 5.91 Å². The molecular weight excluding hydrogens is 412 g/mol. The molecule has 33 heavy (non-hydrogen) atoms. The van der Waals surface area contributed by atoms with Gasteiger partial charge in [0.25, 0.3) is 5.91 Å². The summed E-state index contributed by atoms with van der Waals surface area (Å²) < 4.78 is 6.00. The molecule has 0 saturated carbocycles.